The van der Waals surface area contributed by atoms with Gasteiger partial charge in [0.25, 0.3) is 5.91 Å². The Morgan fingerprint density at radius 1 is 1.25 bits per heavy atom. The van der Waals surface area contributed by atoms with Crippen molar-refractivity contribution in [1.29, 1.82) is 0 Å². The molecule has 142 valence electrons. The number of thiazole rings is 1. The van der Waals surface area contributed by atoms with Gasteiger partial charge in [0.2, 0.25) is 5.91 Å². The molecule has 0 fully saturated rings. The van der Waals surface area contributed by atoms with E-state index in [1.807, 2.05) is 23.6 Å². The number of ether oxygens (including phenoxy) is 1. The van der Waals surface area contributed by atoms with Crippen LogP contribution >= 0.6 is 11.3 Å². The van der Waals surface area contributed by atoms with Crippen molar-refractivity contribution >= 4 is 39.1 Å². The van der Waals surface area contributed by atoms with E-state index in [0.29, 0.717) is 28.4 Å². The maximum absolute atomic E-state index is 12.6. The van der Waals surface area contributed by atoms with Crippen LogP contribution in [-0.4, -0.2) is 23.0 Å². The number of amides is 2. The van der Waals surface area contributed by atoms with E-state index in [1.54, 1.807) is 30.3 Å². The summed E-state index contributed by atoms with van der Waals surface area (Å²) >= 11 is 1.34. The highest BCUT2D eigenvalue weighted by atomic mass is 32.1. The lowest BCUT2D eigenvalue weighted by Crippen LogP contribution is -2.16. The molecule has 2 amide bonds. The van der Waals surface area contributed by atoms with E-state index in [2.05, 4.69) is 16.2 Å². The van der Waals surface area contributed by atoms with Gasteiger partial charge >= 0.3 is 0 Å². The molecular formula is C21H19N3O3S. The number of hydrogen-bond donors (Lipinski definition) is 1. The number of anilines is 1. The van der Waals surface area contributed by atoms with Gasteiger partial charge < -0.3 is 14.6 Å². The second kappa shape index (κ2) is 8.55. The predicted molar refractivity (Wildman–Crippen MR) is 110 cm³/mol. The van der Waals surface area contributed by atoms with E-state index < -0.39 is 0 Å². The Hall–Kier alpha value is -3.37. The number of hydrogen-bond acceptors (Lipinski definition) is 4. The molecule has 0 spiro atoms. The van der Waals surface area contributed by atoms with Gasteiger partial charge in [0.1, 0.15) is 5.75 Å². The minimum absolute atomic E-state index is 0.150. The fraction of sp³-hybridized carbons (Fsp3) is 0.190. The molecule has 3 aromatic rings. The molecule has 3 rings (SSSR count). The lowest BCUT2D eigenvalue weighted by molar-refractivity contribution is -0.114. The highest BCUT2D eigenvalue weighted by Crippen LogP contribution is 2.22. The van der Waals surface area contributed by atoms with E-state index >= 15 is 0 Å². The average Bonchev–Trinajstić information content (AvgIpc) is 2.99. The van der Waals surface area contributed by atoms with Gasteiger partial charge in [-0.15, -0.1) is 6.42 Å². The van der Waals surface area contributed by atoms with Crippen molar-refractivity contribution < 1.29 is 14.3 Å². The average molecular weight is 393 g/mol. The summed E-state index contributed by atoms with van der Waals surface area (Å²) < 4.78 is 8.08. The number of terminal acetylenes is 1. The number of rotatable bonds is 5. The predicted octanol–water partition coefficient (Wildman–Crippen LogP) is 3.43. The molecule has 0 aliphatic heterocycles. The zero-order valence-electron chi connectivity index (χ0n) is 15.6. The van der Waals surface area contributed by atoms with Gasteiger partial charge in [0.05, 0.1) is 23.4 Å². The topological polar surface area (TPSA) is 72.7 Å². The summed E-state index contributed by atoms with van der Waals surface area (Å²) in [5, 5.41) is 2.75. The van der Waals surface area contributed by atoms with Crippen LogP contribution in [-0.2, 0) is 11.3 Å². The molecular weight excluding hydrogens is 374 g/mol. The van der Waals surface area contributed by atoms with Gasteiger partial charge in [-0.1, -0.05) is 17.3 Å². The van der Waals surface area contributed by atoms with Crippen LogP contribution in [0.3, 0.4) is 0 Å². The van der Waals surface area contributed by atoms with Crippen LogP contribution in [0.1, 0.15) is 24.2 Å². The van der Waals surface area contributed by atoms with E-state index in [9.17, 15) is 9.59 Å². The zero-order valence-corrected chi connectivity index (χ0v) is 16.4. The van der Waals surface area contributed by atoms with Gasteiger partial charge in [0.15, 0.2) is 4.80 Å². The first-order chi connectivity index (χ1) is 13.5. The number of nitrogens with zero attached hydrogens (tertiary/aromatic N) is 2. The Bertz CT molecular complexity index is 1130. The summed E-state index contributed by atoms with van der Waals surface area (Å²) in [7, 11) is 0. The van der Waals surface area contributed by atoms with Gasteiger partial charge in [0, 0.05) is 18.2 Å². The molecule has 1 N–H and O–H groups in total. The number of nitrogens with one attached hydrogen (secondary N) is 1. The van der Waals surface area contributed by atoms with Crippen molar-refractivity contribution in [3.8, 4) is 18.1 Å². The quantitative estimate of drug-likeness (QED) is 0.675. The van der Waals surface area contributed by atoms with Crippen LogP contribution in [0, 0.1) is 12.3 Å². The third-order valence-corrected chi connectivity index (χ3v) is 4.90. The Labute approximate surface area is 166 Å². The van der Waals surface area contributed by atoms with Crippen molar-refractivity contribution in [1.82, 2.24) is 4.57 Å². The Balaban J connectivity index is 2.02. The molecule has 0 saturated heterocycles. The van der Waals surface area contributed by atoms with Gasteiger partial charge in [-0.2, -0.15) is 4.99 Å². The van der Waals surface area contributed by atoms with Gasteiger partial charge in [-0.3, -0.25) is 9.59 Å². The normalized spacial score (nSPS) is 11.2. The number of fused-ring (bicyclic) bond motifs is 1. The second-order valence-electron chi connectivity index (χ2n) is 5.91. The molecule has 0 aliphatic carbocycles. The van der Waals surface area contributed by atoms with Crippen LogP contribution in [0.15, 0.2) is 47.5 Å². The molecule has 0 radical (unpaired) electrons. The molecule has 0 aliphatic rings. The highest BCUT2D eigenvalue weighted by molar-refractivity contribution is 7.16. The first-order valence-corrected chi connectivity index (χ1v) is 9.50. The minimum Gasteiger partial charge on any atom is -0.494 e. The van der Waals surface area contributed by atoms with E-state index in [4.69, 9.17) is 11.2 Å². The maximum atomic E-state index is 12.6. The minimum atomic E-state index is -0.359. The summed E-state index contributed by atoms with van der Waals surface area (Å²) in [5.74, 6) is 2.79. The van der Waals surface area contributed by atoms with Crippen molar-refractivity contribution in [3.05, 3.63) is 52.8 Å². The van der Waals surface area contributed by atoms with Crippen LogP contribution in [0.5, 0.6) is 5.75 Å². The van der Waals surface area contributed by atoms with E-state index in [1.165, 1.54) is 18.3 Å². The van der Waals surface area contributed by atoms with Crippen molar-refractivity contribution in [2.24, 2.45) is 4.99 Å². The maximum Gasteiger partial charge on any atom is 0.279 e. The first kappa shape index (κ1) is 19.4. The fourth-order valence-electron chi connectivity index (χ4n) is 2.70. The Kier molecular flexibility index (Phi) is 5.92. The van der Waals surface area contributed by atoms with Crippen molar-refractivity contribution in [2.45, 2.75) is 20.4 Å². The molecule has 1 aromatic heterocycles. The SMILES string of the molecule is C#CCn1c(=NC(=O)c2ccc(OCC)cc2)sc2cc(NC(C)=O)ccc21. The van der Waals surface area contributed by atoms with Crippen molar-refractivity contribution in [2.75, 3.05) is 11.9 Å². The molecule has 6 nitrogen and oxygen atoms in total. The highest BCUT2D eigenvalue weighted by Gasteiger charge is 2.10. The molecule has 0 bridgehead atoms. The summed E-state index contributed by atoms with van der Waals surface area (Å²) in [6.45, 7) is 4.20. The second-order valence-corrected chi connectivity index (χ2v) is 6.92. The smallest absolute Gasteiger partial charge is 0.279 e. The zero-order chi connectivity index (χ0) is 20.1. The number of carbonyl (C=O) groups excluding carboxylic acids is 2. The standard InChI is InChI=1S/C21H19N3O3S/c1-4-12-24-18-11-8-16(22-14(3)25)13-19(18)28-21(24)23-20(26)15-6-9-17(10-7-15)27-5-2/h1,6-11,13H,5,12H2,2-3H3,(H,22,25). The van der Waals surface area contributed by atoms with Crippen LogP contribution in [0.25, 0.3) is 10.2 Å². The van der Waals surface area contributed by atoms with Crippen LogP contribution in [0.2, 0.25) is 0 Å². The Morgan fingerprint density at radius 3 is 2.64 bits per heavy atom. The van der Waals surface area contributed by atoms with Crippen LogP contribution < -0.4 is 14.9 Å². The first-order valence-electron chi connectivity index (χ1n) is 8.68. The number of aromatic nitrogens is 1. The van der Waals surface area contributed by atoms with Crippen molar-refractivity contribution in [3.63, 3.8) is 0 Å². The Morgan fingerprint density at radius 2 is 2.00 bits per heavy atom. The largest absolute Gasteiger partial charge is 0.494 e. The van der Waals surface area contributed by atoms with Gasteiger partial charge in [-0.05, 0) is 49.4 Å². The van der Waals surface area contributed by atoms with E-state index in [-0.39, 0.29) is 18.4 Å². The summed E-state index contributed by atoms with van der Waals surface area (Å²) in [6.07, 6.45) is 5.50. The monoisotopic (exact) mass is 393 g/mol. The summed E-state index contributed by atoms with van der Waals surface area (Å²) in [4.78, 5) is 28.7. The van der Waals surface area contributed by atoms with Crippen LogP contribution in [0.4, 0.5) is 5.69 Å². The van der Waals surface area contributed by atoms with Gasteiger partial charge in [-0.25, -0.2) is 0 Å². The molecule has 7 heteroatoms. The lowest BCUT2D eigenvalue weighted by atomic mass is 10.2. The number of carbonyl (C=O) groups is 2. The fourth-order valence-corrected chi connectivity index (χ4v) is 3.76. The van der Waals surface area contributed by atoms with E-state index in [0.717, 1.165) is 10.2 Å². The third-order valence-electron chi connectivity index (χ3n) is 3.86. The molecule has 2 aromatic carbocycles. The molecule has 0 atom stereocenters. The summed E-state index contributed by atoms with van der Waals surface area (Å²) in [5.41, 5.74) is 2.00. The molecule has 0 unspecified atom stereocenters. The molecule has 28 heavy (non-hydrogen) atoms. The molecule has 1 heterocycles. The third kappa shape index (κ3) is 4.30. The number of benzene rings is 2. The lowest BCUT2D eigenvalue weighted by Gasteiger charge is -2.03. The molecule has 0 saturated carbocycles. The summed E-state index contributed by atoms with van der Waals surface area (Å²) in [6, 6.07) is 12.3.